The number of methoxy groups -OCH3 is 2. The van der Waals surface area contributed by atoms with E-state index in [-0.39, 0.29) is 11.3 Å². The van der Waals surface area contributed by atoms with Gasteiger partial charge in [0.2, 0.25) is 0 Å². The van der Waals surface area contributed by atoms with Gasteiger partial charge in [-0.2, -0.15) is 0 Å². The van der Waals surface area contributed by atoms with Crippen LogP contribution in [0.1, 0.15) is 23.6 Å². The summed E-state index contributed by atoms with van der Waals surface area (Å²) >= 11 is 3.37. The summed E-state index contributed by atoms with van der Waals surface area (Å²) in [6.07, 6.45) is 5.82. The average molecular weight is 526 g/mol. The van der Waals surface area contributed by atoms with Crippen molar-refractivity contribution >= 4 is 33.4 Å². The number of hydrogen-bond donors (Lipinski definition) is 1. The molecule has 34 heavy (non-hydrogen) atoms. The van der Waals surface area contributed by atoms with Crippen molar-refractivity contribution in [2.75, 3.05) is 20.8 Å². The lowest BCUT2D eigenvalue weighted by molar-refractivity contribution is -0.140. The van der Waals surface area contributed by atoms with Crippen molar-refractivity contribution in [3.05, 3.63) is 82.4 Å². The summed E-state index contributed by atoms with van der Waals surface area (Å²) in [6.45, 7) is 0.932. The Morgan fingerprint density at radius 2 is 1.85 bits per heavy atom. The third-order valence-electron chi connectivity index (χ3n) is 5.77. The Kier molecular flexibility index (Phi) is 7.02. The quantitative estimate of drug-likeness (QED) is 0.269. The van der Waals surface area contributed by atoms with Gasteiger partial charge in [-0.15, -0.1) is 0 Å². The molecule has 0 spiro atoms. The second kappa shape index (κ2) is 10.1. The number of aliphatic hydroxyl groups excluding tert-OH is 1. The van der Waals surface area contributed by atoms with Crippen LogP contribution in [0, 0.1) is 0 Å². The van der Waals surface area contributed by atoms with Gasteiger partial charge in [0.1, 0.15) is 17.3 Å². The second-order valence-corrected chi connectivity index (χ2v) is 8.68. The summed E-state index contributed by atoms with van der Waals surface area (Å²) in [7, 11) is 3.06. The summed E-state index contributed by atoms with van der Waals surface area (Å²) in [5.74, 6) is -0.595. The molecule has 1 atom stereocenters. The third-order valence-corrected chi connectivity index (χ3v) is 6.30. The number of hydrogen-bond acceptors (Lipinski definition) is 6. The van der Waals surface area contributed by atoms with Gasteiger partial charge in [-0.1, -0.05) is 28.1 Å². The van der Waals surface area contributed by atoms with E-state index in [2.05, 4.69) is 20.9 Å². The number of aryl methyl sites for hydroxylation is 1. The number of amides is 1. The van der Waals surface area contributed by atoms with Crippen LogP contribution in [0.15, 0.2) is 71.2 Å². The Morgan fingerprint density at radius 1 is 1.09 bits per heavy atom. The van der Waals surface area contributed by atoms with Crippen LogP contribution in [-0.2, 0) is 16.1 Å². The van der Waals surface area contributed by atoms with Gasteiger partial charge in [0, 0.05) is 47.1 Å². The molecule has 0 bridgehead atoms. The van der Waals surface area contributed by atoms with Gasteiger partial charge >= 0.3 is 0 Å². The average Bonchev–Trinajstić information content (AvgIpc) is 3.46. The van der Waals surface area contributed by atoms with Gasteiger partial charge < -0.3 is 24.0 Å². The topological polar surface area (TPSA) is 93.9 Å². The Labute approximate surface area is 205 Å². The van der Waals surface area contributed by atoms with Crippen molar-refractivity contribution < 1.29 is 24.2 Å². The van der Waals surface area contributed by atoms with Crippen LogP contribution in [0.25, 0.3) is 5.76 Å². The van der Waals surface area contributed by atoms with Gasteiger partial charge in [-0.3, -0.25) is 9.59 Å². The zero-order valence-electron chi connectivity index (χ0n) is 18.8. The number of benzene rings is 2. The van der Waals surface area contributed by atoms with E-state index in [9.17, 15) is 14.7 Å². The number of aliphatic hydroxyl groups is 1. The molecule has 1 aliphatic heterocycles. The number of likely N-dealkylation sites (tertiary alicyclic amines) is 1. The summed E-state index contributed by atoms with van der Waals surface area (Å²) < 4.78 is 13.6. The van der Waals surface area contributed by atoms with Crippen LogP contribution >= 0.6 is 15.9 Å². The van der Waals surface area contributed by atoms with Crippen LogP contribution in [0.5, 0.6) is 11.5 Å². The first-order chi connectivity index (χ1) is 16.4. The van der Waals surface area contributed by atoms with Crippen molar-refractivity contribution in [1.29, 1.82) is 0 Å². The predicted octanol–water partition coefficient (Wildman–Crippen LogP) is 4.17. The van der Waals surface area contributed by atoms with Crippen molar-refractivity contribution in [3.8, 4) is 11.5 Å². The number of imidazole rings is 1. The maximum atomic E-state index is 13.2. The molecular formula is C25H24BrN3O5. The lowest BCUT2D eigenvalue weighted by Crippen LogP contribution is -2.31. The largest absolute Gasteiger partial charge is 0.507 e. The highest BCUT2D eigenvalue weighted by Crippen LogP contribution is 2.43. The number of aromatic nitrogens is 2. The fourth-order valence-corrected chi connectivity index (χ4v) is 4.35. The second-order valence-electron chi connectivity index (χ2n) is 7.76. The summed E-state index contributed by atoms with van der Waals surface area (Å²) in [6, 6.07) is 11.3. The number of rotatable bonds is 8. The first kappa shape index (κ1) is 23.6. The van der Waals surface area contributed by atoms with Crippen LogP contribution in [0.3, 0.4) is 0 Å². The lowest BCUT2D eigenvalue weighted by atomic mass is 9.94. The van der Waals surface area contributed by atoms with Crippen LogP contribution in [0.2, 0.25) is 0 Å². The first-order valence-corrected chi connectivity index (χ1v) is 11.5. The molecular weight excluding hydrogens is 502 g/mol. The minimum absolute atomic E-state index is 0.0263. The zero-order chi connectivity index (χ0) is 24.2. The van der Waals surface area contributed by atoms with Crippen LogP contribution < -0.4 is 9.47 Å². The highest BCUT2D eigenvalue weighted by molar-refractivity contribution is 9.10. The van der Waals surface area contributed by atoms with E-state index >= 15 is 0 Å². The van der Waals surface area contributed by atoms with Gasteiger partial charge in [0.05, 0.1) is 32.2 Å². The highest BCUT2D eigenvalue weighted by Gasteiger charge is 2.46. The van der Waals surface area contributed by atoms with E-state index in [1.54, 1.807) is 62.1 Å². The maximum Gasteiger partial charge on any atom is 0.295 e. The predicted molar refractivity (Wildman–Crippen MR) is 130 cm³/mol. The van der Waals surface area contributed by atoms with E-state index in [1.165, 1.54) is 12.0 Å². The molecule has 1 amide bonds. The maximum absolute atomic E-state index is 13.2. The minimum Gasteiger partial charge on any atom is -0.507 e. The van der Waals surface area contributed by atoms with Crippen LogP contribution in [0.4, 0.5) is 0 Å². The number of carbonyl (C=O) groups is 2. The molecule has 1 unspecified atom stereocenters. The van der Waals surface area contributed by atoms with Crippen molar-refractivity contribution in [3.63, 3.8) is 0 Å². The molecule has 0 saturated carbocycles. The highest BCUT2D eigenvalue weighted by atomic mass is 79.9. The van der Waals surface area contributed by atoms with Crippen molar-refractivity contribution in [2.45, 2.75) is 19.0 Å². The molecule has 2 aromatic carbocycles. The molecule has 2 heterocycles. The molecule has 1 saturated heterocycles. The smallest absolute Gasteiger partial charge is 0.295 e. The molecule has 4 rings (SSSR count). The Bertz CT molecular complexity index is 1220. The van der Waals surface area contributed by atoms with Gasteiger partial charge in [0.25, 0.3) is 11.7 Å². The van der Waals surface area contributed by atoms with E-state index in [1.807, 2.05) is 10.8 Å². The molecule has 176 valence electrons. The molecule has 8 nitrogen and oxygen atoms in total. The third kappa shape index (κ3) is 4.56. The summed E-state index contributed by atoms with van der Waals surface area (Å²) in [4.78, 5) is 31.9. The number of nitrogens with zero attached hydrogens (tertiary/aromatic N) is 3. The standard InChI is InChI=1S/C25H24BrN3O5/c1-33-18-8-9-19(20(14-18)34-2)22-21(23(30)16-4-6-17(26)7-5-16)24(31)25(32)29(22)12-3-11-28-13-10-27-15-28/h4-10,13-15,22,30H,3,11-12H2,1-2H3/b23-21+. The fourth-order valence-electron chi connectivity index (χ4n) is 4.08. The molecule has 9 heteroatoms. The van der Waals surface area contributed by atoms with Gasteiger partial charge in [-0.05, 0) is 30.7 Å². The van der Waals surface area contributed by atoms with E-state index in [0.717, 1.165) is 4.47 Å². The summed E-state index contributed by atoms with van der Waals surface area (Å²) in [5, 5.41) is 11.2. The number of ether oxygens (including phenoxy) is 2. The fraction of sp³-hybridized carbons (Fsp3) is 0.240. The summed E-state index contributed by atoms with van der Waals surface area (Å²) in [5.41, 5.74) is 1.05. The normalized spacial score (nSPS) is 17.3. The monoisotopic (exact) mass is 525 g/mol. The number of ketones is 1. The number of carbonyl (C=O) groups excluding carboxylic acids is 2. The van der Waals surface area contributed by atoms with Gasteiger partial charge in [0.15, 0.2) is 0 Å². The molecule has 1 aromatic heterocycles. The SMILES string of the molecule is COc1ccc(C2/C(=C(\O)c3ccc(Br)cc3)C(=O)C(=O)N2CCCn2ccnc2)c(OC)c1. The van der Waals surface area contributed by atoms with Gasteiger partial charge in [-0.25, -0.2) is 4.98 Å². The lowest BCUT2D eigenvalue weighted by Gasteiger charge is -2.27. The Hall–Kier alpha value is -3.59. The molecule has 0 radical (unpaired) electrons. The van der Waals surface area contributed by atoms with Crippen molar-refractivity contribution in [2.24, 2.45) is 0 Å². The molecule has 3 aromatic rings. The molecule has 0 aliphatic carbocycles. The van der Waals surface area contributed by atoms with E-state index in [4.69, 9.17) is 9.47 Å². The van der Waals surface area contributed by atoms with E-state index < -0.39 is 17.7 Å². The molecule has 1 aliphatic rings. The zero-order valence-corrected chi connectivity index (χ0v) is 20.4. The molecule has 1 fully saturated rings. The number of Topliss-reactive ketones (excluding diaryl/α,β-unsaturated/α-hetero) is 1. The van der Waals surface area contributed by atoms with Crippen molar-refractivity contribution in [1.82, 2.24) is 14.5 Å². The van der Waals surface area contributed by atoms with E-state index in [0.29, 0.717) is 42.1 Å². The Balaban J connectivity index is 1.79. The Morgan fingerprint density at radius 3 is 2.50 bits per heavy atom. The first-order valence-electron chi connectivity index (χ1n) is 10.7. The minimum atomic E-state index is -0.813. The number of halogens is 1. The molecule has 1 N–H and O–H groups in total. The van der Waals surface area contributed by atoms with Crippen LogP contribution in [-0.4, -0.2) is 52.0 Å².